The molecule has 0 aliphatic heterocycles. The third-order valence-electron chi connectivity index (χ3n) is 0.865. The Bertz CT molecular complexity index is 136. The summed E-state index contributed by atoms with van der Waals surface area (Å²) in [4.78, 5) is 21.0. The number of rotatable bonds is 4. The van der Waals surface area contributed by atoms with E-state index >= 15 is 0 Å². The predicted molar refractivity (Wildman–Crippen MR) is 34.8 cm³/mol. The third kappa shape index (κ3) is 2.80. The molecule has 9 heavy (non-hydrogen) atoms. The fourth-order valence-corrected chi connectivity index (χ4v) is 0.374. The van der Waals surface area contributed by atoms with E-state index in [1.54, 1.807) is 6.92 Å². The van der Waals surface area contributed by atoms with Crippen LogP contribution in [-0.4, -0.2) is 11.6 Å². The maximum atomic E-state index is 10.5. The highest BCUT2D eigenvalue weighted by Gasteiger charge is 2.07. The molecule has 0 atom stereocenters. The summed E-state index contributed by atoms with van der Waals surface area (Å²) in [7, 11) is 0. The predicted octanol–water partition coefficient (Wildman–Crippen LogP) is 0.925. The Morgan fingerprint density at radius 1 is 1.56 bits per heavy atom. The van der Waals surface area contributed by atoms with Gasteiger partial charge in [-0.15, -0.1) is 6.58 Å². The SMILES string of the molecule is C=C[CH]C(=O)C(=O)CC. The van der Waals surface area contributed by atoms with Gasteiger partial charge in [-0.05, 0) is 0 Å². The van der Waals surface area contributed by atoms with Crippen molar-refractivity contribution in [2.75, 3.05) is 0 Å². The average molecular weight is 125 g/mol. The molecule has 49 valence electrons. The molecule has 0 aliphatic carbocycles. The van der Waals surface area contributed by atoms with E-state index < -0.39 is 5.78 Å². The highest BCUT2D eigenvalue weighted by Crippen LogP contribution is 1.87. The van der Waals surface area contributed by atoms with E-state index in [9.17, 15) is 9.59 Å². The van der Waals surface area contributed by atoms with Gasteiger partial charge in [-0.25, -0.2) is 0 Å². The van der Waals surface area contributed by atoms with E-state index in [4.69, 9.17) is 0 Å². The van der Waals surface area contributed by atoms with Gasteiger partial charge >= 0.3 is 0 Å². The Balaban J connectivity index is 3.73. The quantitative estimate of drug-likeness (QED) is 0.523. The highest BCUT2D eigenvalue weighted by molar-refractivity contribution is 6.40. The van der Waals surface area contributed by atoms with E-state index in [0.717, 1.165) is 0 Å². The Hall–Kier alpha value is -0.920. The molecular weight excluding hydrogens is 116 g/mol. The Morgan fingerprint density at radius 2 is 2.11 bits per heavy atom. The Labute approximate surface area is 54.6 Å². The van der Waals surface area contributed by atoms with Crippen LogP contribution in [0.4, 0.5) is 0 Å². The number of carbonyl (C=O) groups excluding carboxylic acids is 2. The normalized spacial score (nSPS) is 8.56. The topological polar surface area (TPSA) is 34.1 Å². The summed E-state index contributed by atoms with van der Waals surface area (Å²) in [6, 6.07) is 0. The molecule has 0 rings (SSSR count). The van der Waals surface area contributed by atoms with Gasteiger partial charge in [0.25, 0.3) is 0 Å². The summed E-state index contributed by atoms with van der Waals surface area (Å²) >= 11 is 0. The Morgan fingerprint density at radius 3 is 2.44 bits per heavy atom. The molecule has 0 heterocycles. The lowest BCUT2D eigenvalue weighted by atomic mass is 10.1. The van der Waals surface area contributed by atoms with Gasteiger partial charge < -0.3 is 0 Å². The van der Waals surface area contributed by atoms with Gasteiger partial charge in [0, 0.05) is 6.42 Å². The summed E-state index contributed by atoms with van der Waals surface area (Å²) in [5, 5.41) is 0. The molecule has 0 spiro atoms. The van der Waals surface area contributed by atoms with Crippen LogP contribution in [0, 0.1) is 6.42 Å². The fraction of sp³-hybridized carbons (Fsp3) is 0.286. The summed E-state index contributed by atoms with van der Waals surface area (Å²) in [5.41, 5.74) is 0. The smallest absolute Gasteiger partial charge is 0.206 e. The molecule has 0 fully saturated rings. The minimum Gasteiger partial charge on any atom is -0.291 e. The number of ketones is 2. The van der Waals surface area contributed by atoms with Crippen LogP contribution < -0.4 is 0 Å². The van der Waals surface area contributed by atoms with Crippen molar-refractivity contribution in [3.8, 4) is 0 Å². The van der Waals surface area contributed by atoms with E-state index in [0.29, 0.717) is 0 Å². The zero-order valence-electron chi connectivity index (χ0n) is 5.39. The van der Waals surface area contributed by atoms with Crippen molar-refractivity contribution in [1.82, 2.24) is 0 Å². The lowest BCUT2D eigenvalue weighted by molar-refractivity contribution is -0.134. The second-order valence-corrected chi connectivity index (χ2v) is 1.54. The van der Waals surface area contributed by atoms with Gasteiger partial charge in [0.15, 0.2) is 5.78 Å². The van der Waals surface area contributed by atoms with Crippen molar-refractivity contribution in [3.63, 3.8) is 0 Å². The lowest BCUT2D eigenvalue weighted by Gasteiger charge is -1.88. The van der Waals surface area contributed by atoms with Crippen LogP contribution in [0.3, 0.4) is 0 Å². The van der Waals surface area contributed by atoms with E-state index in [1.807, 2.05) is 0 Å². The minimum atomic E-state index is -0.465. The first-order valence-electron chi connectivity index (χ1n) is 2.75. The molecule has 1 radical (unpaired) electrons. The second-order valence-electron chi connectivity index (χ2n) is 1.54. The van der Waals surface area contributed by atoms with Gasteiger partial charge in [-0.3, -0.25) is 9.59 Å². The minimum absolute atomic E-state index is 0.267. The molecule has 0 saturated heterocycles. The van der Waals surface area contributed by atoms with Gasteiger partial charge in [-0.1, -0.05) is 13.0 Å². The number of hydrogen-bond donors (Lipinski definition) is 0. The van der Waals surface area contributed by atoms with Crippen LogP contribution in [0.1, 0.15) is 13.3 Å². The number of carbonyl (C=O) groups is 2. The maximum absolute atomic E-state index is 10.5. The van der Waals surface area contributed by atoms with Gasteiger partial charge in [0.05, 0.1) is 6.42 Å². The summed E-state index contributed by atoms with van der Waals surface area (Å²) in [5.74, 6) is -0.831. The lowest BCUT2D eigenvalue weighted by Crippen LogP contribution is -2.10. The molecule has 0 unspecified atom stereocenters. The molecule has 2 heteroatoms. The molecule has 0 bridgehead atoms. The van der Waals surface area contributed by atoms with Crippen molar-refractivity contribution in [3.05, 3.63) is 19.1 Å². The molecular formula is C7H9O2. The van der Waals surface area contributed by atoms with Crippen LogP contribution in [0.5, 0.6) is 0 Å². The van der Waals surface area contributed by atoms with Crippen LogP contribution in [-0.2, 0) is 9.59 Å². The standard InChI is InChI=1S/C7H9O2/c1-3-5-7(9)6(8)4-2/h3,5H,1,4H2,2H3. The van der Waals surface area contributed by atoms with Crippen molar-refractivity contribution >= 4 is 11.6 Å². The first-order chi connectivity index (χ1) is 4.22. The molecule has 0 aromatic rings. The van der Waals surface area contributed by atoms with Crippen LogP contribution in [0.2, 0.25) is 0 Å². The zero-order chi connectivity index (χ0) is 7.28. The highest BCUT2D eigenvalue weighted by atomic mass is 16.2. The first kappa shape index (κ1) is 8.08. The summed E-state index contributed by atoms with van der Waals surface area (Å²) in [6.07, 6.45) is 2.75. The van der Waals surface area contributed by atoms with Gasteiger partial charge in [0.1, 0.15) is 0 Å². The largest absolute Gasteiger partial charge is 0.291 e. The van der Waals surface area contributed by atoms with E-state index in [-0.39, 0.29) is 12.2 Å². The van der Waals surface area contributed by atoms with Crippen molar-refractivity contribution in [1.29, 1.82) is 0 Å². The third-order valence-corrected chi connectivity index (χ3v) is 0.865. The monoisotopic (exact) mass is 125 g/mol. The van der Waals surface area contributed by atoms with E-state index in [2.05, 4.69) is 6.58 Å². The number of allylic oxidation sites excluding steroid dienone is 1. The number of hydrogen-bond acceptors (Lipinski definition) is 2. The van der Waals surface area contributed by atoms with Crippen molar-refractivity contribution < 1.29 is 9.59 Å². The molecule has 0 saturated carbocycles. The first-order valence-corrected chi connectivity index (χ1v) is 2.75. The summed E-state index contributed by atoms with van der Waals surface area (Å²) < 4.78 is 0. The summed E-state index contributed by atoms with van der Waals surface area (Å²) in [6.45, 7) is 4.94. The van der Waals surface area contributed by atoms with E-state index in [1.165, 1.54) is 12.5 Å². The zero-order valence-corrected chi connectivity index (χ0v) is 5.39. The number of Topliss-reactive ketones (excluding diaryl/α,β-unsaturated/α-hetero) is 2. The molecule has 0 aromatic heterocycles. The molecule has 0 N–H and O–H groups in total. The van der Waals surface area contributed by atoms with Crippen molar-refractivity contribution in [2.24, 2.45) is 0 Å². The van der Waals surface area contributed by atoms with Crippen molar-refractivity contribution in [2.45, 2.75) is 13.3 Å². The average Bonchev–Trinajstić information content (AvgIpc) is 1.87. The van der Waals surface area contributed by atoms with Gasteiger partial charge in [0.2, 0.25) is 5.78 Å². The molecule has 0 aromatic carbocycles. The van der Waals surface area contributed by atoms with Crippen LogP contribution >= 0.6 is 0 Å². The molecule has 2 nitrogen and oxygen atoms in total. The molecule has 0 aliphatic rings. The van der Waals surface area contributed by atoms with Crippen LogP contribution in [0.15, 0.2) is 12.7 Å². The van der Waals surface area contributed by atoms with Gasteiger partial charge in [-0.2, -0.15) is 0 Å². The van der Waals surface area contributed by atoms with Crippen LogP contribution in [0.25, 0.3) is 0 Å². The molecule has 0 amide bonds. The second kappa shape index (κ2) is 4.01. The Kier molecular flexibility index (Phi) is 3.60. The fourth-order valence-electron chi connectivity index (χ4n) is 0.374. The maximum Gasteiger partial charge on any atom is 0.206 e.